The van der Waals surface area contributed by atoms with Gasteiger partial charge in [-0.05, 0) is 49.9 Å². The van der Waals surface area contributed by atoms with E-state index in [1.807, 2.05) is 13.8 Å². The number of nitrogens with zero attached hydrogens (tertiary/aromatic N) is 1. The van der Waals surface area contributed by atoms with Gasteiger partial charge in [-0.15, -0.1) is 0 Å². The Morgan fingerprint density at radius 2 is 2.03 bits per heavy atom. The van der Waals surface area contributed by atoms with Crippen LogP contribution >= 0.6 is 11.6 Å². The van der Waals surface area contributed by atoms with Crippen LogP contribution in [0.1, 0.15) is 33.6 Å². The van der Waals surface area contributed by atoms with Gasteiger partial charge in [-0.3, -0.25) is 14.4 Å². The van der Waals surface area contributed by atoms with Gasteiger partial charge in [-0.2, -0.15) is 0 Å². The highest BCUT2D eigenvalue weighted by Crippen LogP contribution is 2.59. The van der Waals surface area contributed by atoms with Crippen molar-refractivity contribution in [2.45, 2.75) is 57.4 Å². The third-order valence-electron chi connectivity index (χ3n) is 6.97. The van der Waals surface area contributed by atoms with E-state index in [4.69, 9.17) is 21.1 Å². The molecule has 9 heteroatoms. The number of likely N-dealkylation sites (tertiary alicyclic amines) is 1. The number of hydrogen-bond acceptors (Lipinski definition) is 6. The van der Waals surface area contributed by atoms with E-state index >= 15 is 0 Å². The number of benzene rings is 1. The second-order valence-electron chi connectivity index (χ2n) is 9.04. The first-order valence-corrected chi connectivity index (χ1v) is 11.5. The molecule has 3 aliphatic heterocycles. The van der Waals surface area contributed by atoms with E-state index in [1.165, 1.54) is 4.90 Å². The molecule has 3 heterocycles. The Kier molecular flexibility index (Phi) is 6.22. The Bertz CT molecular complexity index is 906. The van der Waals surface area contributed by atoms with Gasteiger partial charge in [0.15, 0.2) is 0 Å². The SMILES string of the molecule is CCOC(=O)[C@@H]1[C@@H]2CCC3(O2)C(C(=O)Nc2ccc(Cl)cc2)N([C@@H](CO)C(C)C)C(=O)[C@H]13. The highest BCUT2D eigenvalue weighted by molar-refractivity contribution is 6.30. The molecule has 32 heavy (non-hydrogen) atoms. The molecule has 0 radical (unpaired) electrons. The molecule has 4 rings (SSSR count). The van der Waals surface area contributed by atoms with Crippen LogP contribution in [0, 0.1) is 17.8 Å². The van der Waals surface area contributed by atoms with Crippen molar-refractivity contribution < 1.29 is 29.0 Å². The summed E-state index contributed by atoms with van der Waals surface area (Å²) in [5, 5.41) is 13.5. The van der Waals surface area contributed by atoms with Gasteiger partial charge >= 0.3 is 5.97 Å². The number of amides is 2. The summed E-state index contributed by atoms with van der Waals surface area (Å²) in [4.78, 5) is 41.6. The van der Waals surface area contributed by atoms with Crippen molar-refractivity contribution in [1.29, 1.82) is 0 Å². The fraction of sp³-hybridized carbons (Fsp3) is 0.609. The van der Waals surface area contributed by atoms with Crippen molar-refractivity contribution in [3.63, 3.8) is 0 Å². The zero-order valence-electron chi connectivity index (χ0n) is 18.4. The van der Waals surface area contributed by atoms with E-state index in [1.54, 1.807) is 31.2 Å². The van der Waals surface area contributed by atoms with Gasteiger partial charge in [-0.1, -0.05) is 25.4 Å². The van der Waals surface area contributed by atoms with Gasteiger partial charge in [0.2, 0.25) is 11.8 Å². The van der Waals surface area contributed by atoms with Gasteiger partial charge in [0, 0.05) is 10.7 Å². The van der Waals surface area contributed by atoms with Crippen LogP contribution in [-0.4, -0.2) is 64.8 Å². The number of anilines is 1. The summed E-state index contributed by atoms with van der Waals surface area (Å²) in [7, 11) is 0. The summed E-state index contributed by atoms with van der Waals surface area (Å²) in [5.74, 6) is -2.89. The van der Waals surface area contributed by atoms with Crippen LogP contribution in [0.4, 0.5) is 5.69 Å². The lowest BCUT2D eigenvalue weighted by molar-refractivity contribution is -0.155. The quantitative estimate of drug-likeness (QED) is 0.599. The smallest absolute Gasteiger partial charge is 0.312 e. The molecule has 0 aliphatic carbocycles. The van der Waals surface area contributed by atoms with Crippen LogP contribution in [0.15, 0.2) is 24.3 Å². The largest absolute Gasteiger partial charge is 0.466 e. The maximum Gasteiger partial charge on any atom is 0.312 e. The molecule has 3 aliphatic rings. The molecule has 1 spiro atoms. The molecule has 2 amide bonds. The molecule has 3 saturated heterocycles. The normalized spacial score (nSPS) is 31.7. The Morgan fingerprint density at radius 3 is 2.62 bits per heavy atom. The first-order valence-electron chi connectivity index (χ1n) is 11.1. The summed E-state index contributed by atoms with van der Waals surface area (Å²) >= 11 is 5.95. The Balaban J connectivity index is 1.74. The first-order chi connectivity index (χ1) is 15.2. The minimum absolute atomic E-state index is 0.108. The van der Waals surface area contributed by atoms with Crippen molar-refractivity contribution in [2.24, 2.45) is 17.8 Å². The predicted octanol–water partition coefficient (Wildman–Crippen LogP) is 2.23. The predicted molar refractivity (Wildman–Crippen MR) is 117 cm³/mol. The van der Waals surface area contributed by atoms with Crippen LogP contribution in [0.3, 0.4) is 0 Å². The molecule has 0 aromatic heterocycles. The second kappa shape index (κ2) is 8.65. The molecule has 174 valence electrons. The zero-order valence-corrected chi connectivity index (χ0v) is 19.2. The van der Waals surface area contributed by atoms with Crippen LogP contribution in [-0.2, 0) is 23.9 Å². The van der Waals surface area contributed by atoms with Crippen LogP contribution in [0.2, 0.25) is 5.02 Å². The van der Waals surface area contributed by atoms with Gasteiger partial charge in [0.1, 0.15) is 11.6 Å². The summed E-state index contributed by atoms with van der Waals surface area (Å²) in [6.07, 6.45) is 0.592. The van der Waals surface area contributed by atoms with Crippen molar-refractivity contribution >= 4 is 35.1 Å². The maximum absolute atomic E-state index is 13.7. The standard InChI is InChI=1S/C23H29ClN2O6/c1-4-31-22(30)17-16-9-10-23(32-16)18(17)21(29)26(15(11-27)12(2)3)19(23)20(28)25-14-7-5-13(24)6-8-14/h5-8,12,15-19,27H,4,9-11H2,1-3H3,(H,25,28)/t15-,16-,17+,18-,19?,23?/m0/s1. The molecule has 1 aromatic rings. The molecule has 3 fully saturated rings. The topological polar surface area (TPSA) is 105 Å². The average Bonchev–Trinajstić information content (AvgIpc) is 3.38. The van der Waals surface area contributed by atoms with E-state index in [9.17, 15) is 19.5 Å². The molecule has 1 aromatic carbocycles. The van der Waals surface area contributed by atoms with E-state index < -0.39 is 47.5 Å². The first kappa shape index (κ1) is 23.0. The molecule has 8 nitrogen and oxygen atoms in total. The third-order valence-corrected chi connectivity index (χ3v) is 7.22. The zero-order chi connectivity index (χ0) is 23.2. The molecule has 0 saturated carbocycles. The Morgan fingerprint density at radius 1 is 1.34 bits per heavy atom. The molecule has 2 unspecified atom stereocenters. The number of aliphatic hydroxyl groups is 1. The van der Waals surface area contributed by atoms with Crippen LogP contribution < -0.4 is 5.32 Å². The number of esters is 1. The lowest BCUT2D eigenvalue weighted by Crippen LogP contribution is -2.57. The molecule has 2 N–H and O–H groups in total. The van der Waals surface area contributed by atoms with E-state index in [0.717, 1.165) is 0 Å². The van der Waals surface area contributed by atoms with Crippen molar-refractivity contribution in [3.8, 4) is 0 Å². The van der Waals surface area contributed by atoms with Crippen molar-refractivity contribution in [2.75, 3.05) is 18.5 Å². The monoisotopic (exact) mass is 464 g/mol. The summed E-state index contributed by atoms with van der Waals surface area (Å²) in [6, 6.07) is 5.12. The molecule has 6 atom stereocenters. The van der Waals surface area contributed by atoms with Crippen LogP contribution in [0.25, 0.3) is 0 Å². The minimum atomic E-state index is -1.13. The highest BCUT2D eigenvalue weighted by atomic mass is 35.5. The van der Waals surface area contributed by atoms with Crippen molar-refractivity contribution in [3.05, 3.63) is 29.3 Å². The summed E-state index contributed by atoms with van der Waals surface area (Å²) < 4.78 is 11.6. The number of rotatable bonds is 7. The third kappa shape index (κ3) is 3.49. The minimum Gasteiger partial charge on any atom is -0.466 e. The number of aliphatic hydroxyl groups excluding tert-OH is 1. The van der Waals surface area contributed by atoms with Crippen molar-refractivity contribution in [1.82, 2.24) is 4.90 Å². The van der Waals surface area contributed by atoms with E-state index in [2.05, 4.69) is 5.32 Å². The number of hydrogen-bond donors (Lipinski definition) is 2. The second-order valence-corrected chi connectivity index (χ2v) is 9.48. The van der Waals surface area contributed by atoms with E-state index in [0.29, 0.717) is 23.6 Å². The number of carbonyl (C=O) groups excluding carboxylic acids is 3. The molecule has 2 bridgehead atoms. The lowest BCUT2D eigenvalue weighted by Gasteiger charge is -2.38. The van der Waals surface area contributed by atoms with Gasteiger partial charge in [-0.25, -0.2) is 0 Å². The fourth-order valence-electron chi connectivity index (χ4n) is 5.62. The lowest BCUT2D eigenvalue weighted by atomic mass is 9.70. The number of fused-ring (bicyclic) bond motifs is 1. The average molecular weight is 465 g/mol. The Hall–Kier alpha value is -2.16. The van der Waals surface area contributed by atoms with Gasteiger partial charge < -0.3 is 24.8 Å². The van der Waals surface area contributed by atoms with Crippen LogP contribution in [0.5, 0.6) is 0 Å². The number of halogens is 1. The number of carbonyl (C=O) groups is 3. The van der Waals surface area contributed by atoms with Gasteiger partial charge in [0.25, 0.3) is 0 Å². The molecular weight excluding hydrogens is 436 g/mol. The number of ether oxygens (including phenoxy) is 2. The highest BCUT2D eigenvalue weighted by Gasteiger charge is 2.75. The number of nitrogens with one attached hydrogen (secondary N) is 1. The fourth-order valence-corrected chi connectivity index (χ4v) is 5.74. The maximum atomic E-state index is 13.7. The Labute approximate surface area is 192 Å². The molecular formula is C23H29ClN2O6. The summed E-state index contributed by atoms with van der Waals surface area (Å²) in [6.45, 7) is 5.38. The van der Waals surface area contributed by atoms with E-state index in [-0.39, 0.29) is 25.0 Å². The van der Waals surface area contributed by atoms with Gasteiger partial charge in [0.05, 0.1) is 37.2 Å². The summed E-state index contributed by atoms with van der Waals surface area (Å²) in [5.41, 5.74) is -0.593.